The van der Waals surface area contributed by atoms with Crippen molar-refractivity contribution in [3.8, 4) is 0 Å². The van der Waals surface area contributed by atoms with Gasteiger partial charge in [-0.2, -0.15) is 0 Å². The molecule has 0 aliphatic carbocycles. The summed E-state index contributed by atoms with van der Waals surface area (Å²) in [6, 6.07) is 3.02. The lowest BCUT2D eigenvalue weighted by Gasteiger charge is -2.11. The molecule has 16 heavy (non-hydrogen) atoms. The van der Waals surface area contributed by atoms with Gasteiger partial charge in [0.25, 0.3) is 0 Å². The first-order valence-electron chi connectivity index (χ1n) is 5.31. The van der Waals surface area contributed by atoms with Crippen LogP contribution in [0.5, 0.6) is 0 Å². The van der Waals surface area contributed by atoms with E-state index in [2.05, 4.69) is 9.71 Å². The molecular formula is C11H18N2O2S. The fourth-order valence-corrected chi connectivity index (χ4v) is 2.56. The van der Waals surface area contributed by atoms with Gasteiger partial charge in [0.05, 0.1) is 4.90 Å². The first-order valence-corrected chi connectivity index (χ1v) is 6.79. The number of sulfonamides is 1. The van der Waals surface area contributed by atoms with Crippen molar-refractivity contribution < 1.29 is 8.42 Å². The maximum absolute atomic E-state index is 11.9. The summed E-state index contributed by atoms with van der Waals surface area (Å²) in [5.74, 6) is 0.217. The zero-order valence-corrected chi connectivity index (χ0v) is 10.9. The number of rotatable bonds is 4. The quantitative estimate of drug-likeness (QED) is 0.877. The van der Waals surface area contributed by atoms with Crippen LogP contribution < -0.4 is 4.72 Å². The Hall–Kier alpha value is -0.940. The topological polar surface area (TPSA) is 59.1 Å². The highest BCUT2D eigenvalue weighted by atomic mass is 32.2. The molecule has 0 saturated carbocycles. The summed E-state index contributed by atoms with van der Waals surface area (Å²) < 4.78 is 26.3. The van der Waals surface area contributed by atoms with Crippen molar-refractivity contribution in [1.29, 1.82) is 0 Å². The van der Waals surface area contributed by atoms with Gasteiger partial charge in [0.1, 0.15) is 0 Å². The number of nitrogens with one attached hydrogen (secondary N) is 1. The third kappa shape index (κ3) is 3.28. The third-order valence-electron chi connectivity index (χ3n) is 2.05. The van der Waals surface area contributed by atoms with Gasteiger partial charge in [-0.15, -0.1) is 0 Å². The van der Waals surface area contributed by atoms with Crippen LogP contribution in [0.15, 0.2) is 23.2 Å². The molecule has 0 unspecified atom stereocenters. The Balaban J connectivity index is 3.09. The van der Waals surface area contributed by atoms with Crippen LogP contribution in [-0.2, 0) is 10.0 Å². The number of hydrogen-bond acceptors (Lipinski definition) is 3. The molecule has 0 saturated heterocycles. The molecule has 1 N–H and O–H groups in total. The molecule has 0 atom stereocenters. The van der Waals surface area contributed by atoms with Gasteiger partial charge in [-0.25, -0.2) is 13.1 Å². The van der Waals surface area contributed by atoms with Gasteiger partial charge in [-0.1, -0.05) is 13.8 Å². The molecule has 0 radical (unpaired) electrons. The molecule has 4 nitrogen and oxygen atoms in total. The fraction of sp³-hybridized carbons (Fsp3) is 0.545. The van der Waals surface area contributed by atoms with Gasteiger partial charge >= 0.3 is 0 Å². The fourth-order valence-electron chi connectivity index (χ4n) is 1.29. The monoisotopic (exact) mass is 242 g/mol. The Morgan fingerprint density at radius 3 is 2.38 bits per heavy atom. The number of nitrogens with zero attached hydrogens (tertiary/aromatic N) is 1. The summed E-state index contributed by atoms with van der Waals surface area (Å²) in [6.07, 6.45) is 1.53. The van der Waals surface area contributed by atoms with Crippen LogP contribution in [0.3, 0.4) is 0 Å². The summed E-state index contributed by atoms with van der Waals surface area (Å²) >= 11 is 0. The molecule has 0 fully saturated rings. The van der Waals surface area contributed by atoms with E-state index in [0.717, 1.165) is 5.69 Å². The van der Waals surface area contributed by atoms with Crippen LogP contribution in [0.25, 0.3) is 0 Å². The lowest BCUT2D eigenvalue weighted by molar-refractivity contribution is 0.569. The van der Waals surface area contributed by atoms with E-state index in [9.17, 15) is 8.42 Å². The van der Waals surface area contributed by atoms with Crippen molar-refractivity contribution in [3.63, 3.8) is 0 Å². The van der Waals surface area contributed by atoms with Gasteiger partial charge in [-0.05, 0) is 31.9 Å². The van der Waals surface area contributed by atoms with E-state index >= 15 is 0 Å². The second-order valence-corrected chi connectivity index (χ2v) is 6.06. The van der Waals surface area contributed by atoms with Gasteiger partial charge in [-0.3, -0.25) is 4.98 Å². The molecule has 1 heterocycles. The SMILES string of the molecule is CC(C)NS(=O)(=O)c1ccnc(C(C)C)c1. The Labute approximate surface area is 97.2 Å². The lowest BCUT2D eigenvalue weighted by Crippen LogP contribution is -2.30. The van der Waals surface area contributed by atoms with Gasteiger partial charge in [0, 0.05) is 17.9 Å². The molecule has 1 rings (SSSR count). The van der Waals surface area contributed by atoms with Crippen LogP contribution in [-0.4, -0.2) is 19.4 Å². The molecule has 0 amide bonds. The van der Waals surface area contributed by atoms with Gasteiger partial charge in [0.15, 0.2) is 0 Å². The molecule has 90 valence electrons. The summed E-state index contributed by atoms with van der Waals surface area (Å²) in [6.45, 7) is 7.55. The Kier molecular flexibility index (Phi) is 4.04. The first-order chi connectivity index (χ1) is 7.33. The van der Waals surface area contributed by atoms with E-state index in [0.29, 0.717) is 0 Å². The molecule has 0 aliphatic heterocycles. The highest BCUT2D eigenvalue weighted by molar-refractivity contribution is 7.89. The van der Waals surface area contributed by atoms with Crippen molar-refractivity contribution in [2.24, 2.45) is 0 Å². The standard InChI is InChI=1S/C11H18N2O2S/c1-8(2)11-7-10(5-6-12-11)16(14,15)13-9(3)4/h5-9,13H,1-4H3. The van der Waals surface area contributed by atoms with E-state index in [1.807, 2.05) is 13.8 Å². The van der Waals surface area contributed by atoms with Crippen molar-refractivity contribution >= 4 is 10.0 Å². The molecule has 1 aromatic rings. The zero-order valence-electron chi connectivity index (χ0n) is 10.1. The summed E-state index contributed by atoms with van der Waals surface area (Å²) in [7, 11) is -3.41. The van der Waals surface area contributed by atoms with Crippen LogP contribution in [0.1, 0.15) is 39.3 Å². The van der Waals surface area contributed by atoms with E-state index in [1.54, 1.807) is 19.9 Å². The summed E-state index contributed by atoms with van der Waals surface area (Å²) in [4.78, 5) is 4.42. The Morgan fingerprint density at radius 1 is 1.25 bits per heavy atom. The van der Waals surface area contributed by atoms with Crippen LogP contribution >= 0.6 is 0 Å². The average molecular weight is 242 g/mol. The predicted octanol–water partition coefficient (Wildman–Crippen LogP) is 1.89. The summed E-state index contributed by atoms with van der Waals surface area (Å²) in [5.41, 5.74) is 0.784. The van der Waals surface area contributed by atoms with Gasteiger partial charge < -0.3 is 0 Å². The van der Waals surface area contributed by atoms with Crippen molar-refractivity contribution in [1.82, 2.24) is 9.71 Å². The zero-order chi connectivity index (χ0) is 12.3. The Morgan fingerprint density at radius 2 is 1.88 bits per heavy atom. The predicted molar refractivity (Wildman–Crippen MR) is 63.8 cm³/mol. The summed E-state index contributed by atoms with van der Waals surface area (Å²) in [5, 5.41) is 0. The normalized spacial score (nSPS) is 12.4. The van der Waals surface area contributed by atoms with E-state index < -0.39 is 10.0 Å². The van der Waals surface area contributed by atoms with Crippen LogP contribution in [0.2, 0.25) is 0 Å². The minimum absolute atomic E-state index is 0.110. The lowest BCUT2D eigenvalue weighted by atomic mass is 10.1. The second kappa shape index (κ2) is 4.93. The minimum atomic E-state index is -3.41. The highest BCUT2D eigenvalue weighted by Gasteiger charge is 2.16. The van der Waals surface area contributed by atoms with Gasteiger partial charge in [0.2, 0.25) is 10.0 Å². The molecule has 0 spiro atoms. The maximum atomic E-state index is 11.9. The third-order valence-corrected chi connectivity index (χ3v) is 3.70. The largest absolute Gasteiger partial charge is 0.261 e. The molecule has 1 aromatic heterocycles. The molecule has 5 heteroatoms. The second-order valence-electron chi connectivity index (χ2n) is 4.35. The first kappa shape index (κ1) is 13.1. The van der Waals surface area contributed by atoms with Crippen LogP contribution in [0, 0.1) is 0 Å². The highest BCUT2D eigenvalue weighted by Crippen LogP contribution is 2.16. The number of pyridine rings is 1. The minimum Gasteiger partial charge on any atom is -0.261 e. The Bertz CT molecular complexity index is 453. The molecule has 0 bridgehead atoms. The number of hydrogen-bond donors (Lipinski definition) is 1. The number of aromatic nitrogens is 1. The molecule has 0 aromatic carbocycles. The van der Waals surface area contributed by atoms with Crippen LogP contribution in [0.4, 0.5) is 0 Å². The van der Waals surface area contributed by atoms with Crippen molar-refractivity contribution in [2.45, 2.75) is 44.6 Å². The molecule has 0 aliphatic rings. The smallest absolute Gasteiger partial charge is 0.240 e. The van der Waals surface area contributed by atoms with E-state index in [1.165, 1.54) is 12.3 Å². The van der Waals surface area contributed by atoms with Crippen molar-refractivity contribution in [2.75, 3.05) is 0 Å². The maximum Gasteiger partial charge on any atom is 0.240 e. The average Bonchev–Trinajstić information content (AvgIpc) is 2.16. The van der Waals surface area contributed by atoms with E-state index in [4.69, 9.17) is 0 Å². The van der Waals surface area contributed by atoms with E-state index in [-0.39, 0.29) is 16.9 Å². The van der Waals surface area contributed by atoms with Crippen molar-refractivity contribution in [3.05, 3.63) is 24.0 Å². The molecular weight excluding hydrogens is 224 g/mol.